The molecular weight excluding hydrogens is 400 g/mol. The Balaban J connectivity index is 0.000000745. The Morgan fingerprint density at radius 3 is 2.41 bits per heavy atom. The van der Waals surface area contributed by atoms with E-state index in [-0.39, 0.29) is 5.41 Å². The molecule has 1 N–H and O–H groups in total. The zero-order chi connectivity index (χ0) is 16.8. The summed E-state index contributed by atoms with van der Waals surface area (Å²) in [4.78, 5) is 1.75. The molecule has 0 aliphatic carbocycles. The predicted molar refractivity (Wildman–Crippen MR) is 88.6 cm³/mol. The fourth-order valence-corrected chi connectivity index (χ4v) is 2.11. The first-order valence-electron chi connectivity index (χ1n) is 6.80. The van der Waals surface area contributed by atoms with Gasteiger partial charge < -0.3 is 5.11 Å². The molecule has 2 rings (SSSR count). The van der Waals surface area contributed by atoms with Gasteiger partial charge in [0.1, 0.15) is 5.75 Å². The molecular formula is C15H21Cl2N3OZr. The van der Waals surface area contributed by atoms with Gasteiger partial charge in [-0.1, -0.05) is 39.0 Å². The van der Waals surface area contributed by atoms with E-state index in [4.69, 9.17) is 17.0 Å². The van der Waals surface area contributed by atoms with Gasteiger partial charge in [0.2, 0.25) is 0 Å². The Bertz CT molecular complexity index is 571. The predicted octanol–water partition coefficient (Wildman–Crippen LogP) is 4.03. The number of rotatable bonds is 3. The normalized spacial score (nSPS) is 10.6. The molecule has 0 aliphatic heterocycles. The van der Waals surface area contributed by atoms with Gasteiger partial charge in [0.05, 0.1) is 12.7 Å². The number of hydrogen-bond acceptors (Lipinski definition) is 3. The zero-order valence-corrected chi connectivity index (χ0v) is 17.2. The Labute approximate surface area is 150 Å². The quantitative estimate of drug-likeness (QED) is 0.814. The molecule has 0 bridgehead atoms. The van der Waals surface area contributed by atoms with Crippen LogP contribution in [-0.2, 0) is 32.8 Å². The van der Waals surface area contributed by atoms with Crippen molar-refractivity contribution in [2.75, 3.05) is 12.1 Å². The first-order chi connectivity index (χ1) is 10.3. The van der Waals surface area contributed by atoms with E-state index in [2.05, 4.69) is 25.9 Å². The molecule has 1 heterocycles. The summed E-state index contributed by atoms with van der Waals surface area (Å²) in [5.74, 6) is 0.383. The number of hydrogen-bond donors (Lipinski definition) is 1. The molecule has 1 aromatic heterocycles. The molecule has 120 valence electrons. The molecule has 7 heteroatoms. The van der Waals surface area contributed by atoms with Crippen LogP contribution in [0.1, 0.15) is 31.9 Å². The molecule has 0 spiro atoms. The summed E-state index contributed by atoms with van der Waals surface area (Å²) in [5, 5.41) is 16.5. The second-order valence-corrected chi connectivity index (χ2v) is 9.61. The number of para-hydroxylation sites is 1. The molecule has 0 aliphatic rings. The molecule has 0 atom stereocenters. The van der Waals surface area contributed by atoms with Gasteiger partial charge in [-0.15, -0.1) is 0 Å². The SMILES string of the molecule is CN(Cc1cccc(C(C)(C)C)c1O)n1cccn1.[Cl][Zr][Cl]. The third-order valence-electron chi connectivity index (χ3n) is 3.17. The van der Waals surface area contributed by atoms with Crippen molar-refractivity contribution >= 4 is 17.0 Å². The summed E-state index contributed by atoms with van der Waals surface area (Å²) in [5.41, 5.74) is 1.81. The molecule has 1 aromatic carbocycles. The van der Waals surface area contributed by atoms with Crippen molar-refractivity contribution in [2.24, 2.45) is 0 Å². The van der Waals surface area contributed by atoms with Gasteiger partial charge in [-0.05, 0) is 17.0 Å². The third kappa shape index (κ3) is 5.60. The average Bonchev–Trinajstić information content (AvgIpc) is 2.94. The van der Waals surface area contributed by atoms with Crippen molar-refractivity contribution in [3.8, 4) is 5.75 Å². The number of phenols is 1. The number of aromatic nitrogens is 2. The van der Waals surface area contributed by atoms with Crippen LogP contribution in [0.5, 0.6) is 5.75 Å². The number of aromatic hydroxyl groups is 1. The summed E-state index contributed by atoms with van der Waals surface area (Å²) < 4.78 is 0. The van der Waals surface area contributed by atoms with Crippen LogP contribution in [0.2, 0.25) is 0 Å². The van der Waals surface area contributed by atoms with Gasteiger partial charge >= 0.3 is 37.9 Å². The molecule has 22 heavy (non-hydrogen) atoms. The first-order valence-corrected chi connectivity index (χ1v) is 13.1. The number of benzene rings is 1. The molecule has 2 aromatic rings. The van der Waals surface area contributed by atoms with E-state index in [0.717, 1.165) is 11.1 Å². The second kappa shape index (κ2) is 8.95. The van der Waals surface area contributed by atoms with Crippen molar-refractivity contribution in [2.45, 2.75) is 32.7 Å². The van der Waals surface area contributed by atoms with Crippen LogP contribution in [0.3, 0.4) is 0 Å². The van der Waals surface area contributed by atoms with E-state index in [1.807, 2.05) is 42.5 Å². The monoisotopic (exact) mass is 419 g/mol. The van der Waals surface area contributed by atoms with E-state index < -0.39 is 20.8 Å². The van der Waals surface area contributed by atoms with Crippen molar-refractivity contribution < 1.29 is 26.0 Å². The van der Waals surface area contributed by atoms with Crippen LogP contribution >= 0.6 is 17.0 Å². The molecule has 0 amide bonds. The van der Waals surface area contributed by atoms with Crippen LogP contribution < -0.4 is 5.01 Å². The van der Waals surface area contributed by atoms with Crippen LogP contribution in [0.15, 0.2) is 36.7 Å². The van der Waals surface area contributed by atoms with Gasteiger partial charge in [0.15, 0.2) is 0 Å². The first kappa shape index (κ1) is 19.5. The minimum absolute atomic E-state index is 0.0651. The summed E-state index contributed by atoms with van der Waals surface area (Å²) in [6, 6.07) is 7.80. The van der Waals surface area contributed by atoms with Crippen molar-refractivity contribution in [1.29, 1.82) is 0 Å². The van der Waals surface area contributed by atoms with Crippen molar-refractivity contribution in [3.05, 3.63) is 47.8 Å². The average molecular weight is 421 g/mol. The third-order valence-corrected chi connectivity index (χ3v) is 3.17. The molecule has 0 fully saturated rings. The Hall–Kier alpha value is -0.507. The summed E-state index contributed by atoms with van der Waals surface area (Å²) in [6.45, 7) is 6.91. The maximum atomic E-state index is 10.4. The van der Waals surface area contributed by atoms with Gasteiger partial charge in [-0.2, -0.15) is 9.89 Å². The van der Waals surface area contributed by atoms with Crippen LogP contribution in [0.4, 0.5) is 0 Å². The fourth-order valence-electron chi connectivity index (χ4n) is 2.11. The van der Waals surface area contributed by atoms with E-state index in [1.54, 1.807) is 11.0 Å². The molecule has 0 radical (unpaired) electrons. The summed E-state index contributed by atoms with van der Waals surface area (Å²) >= 11 is -0.826. The number of phenolic OH excluding ortho intramolecular Hbond substituents is 1. The van der Waals surface area contributed by atoms with Crippen LogP contribution in [0.25, 0.3) is 0 Å². The van der Waals surface area contributed by atoms with Crippen LogP contribution in [0, 0.1) is 0 Å². The molecule has 0 unspecified atom stereocenters. The van der Waals surface area contributed by atoms with Gasteiger partial charge in [-0.3, -0.25) is 5.01 Å². The van der Waals surface area contributed by atoms with Gasteiger partial charge in [-0.25, -0.2) is 0 Å². The topological polar surface area (TPSA) is 41.3 Å². The van der Waals surface area contributed by atoms with Gasteiger partial charge in [0, 0.05) is 18.8 Å². The molecule has 0 saturated carbocycles. The zero-order valence-electron chi connectivity index (χ0n) is 13.2. The standard InChI is InChI=1S/C15H21N3O.2ClH.Zr/c1-15(2,3)13-8-5-7-12(14(13)19)11-17(4)18-10-6-9-16-18;;;/h5-10,19H,11H2,1-4H3;2*1H;/q;;;+2/p-2. The maximum absolute atomic E-state index is 10.4. The van der Waals surface area contributed by atoms with Gasteiger partial charge in [0.25, 0.3) is 0 Å². The molecule has 4 nitrogen and oxygen atoms in total. The Morgan fingerprint density at radius 1 is 1.27 bits per heavy atom. The van der Waals surface area contributed by atoms with E-state index in [9.17, 15) is 5.11 Å². The number of nitrogens with zero attached hydrogens (tertiary/aromatic N) is 3. The number of halogens is 2. The summed E-state index contributed by atoms with van der Waals surface area (Å²) in [7, 11) is 11.8. The van der Waals surface area contributed by atoms with Crippen molar-refractivity contribution in [3.63, 3.8) is 0 Å². The second-order valence-electron chi connectivity index (χ2n) is 5.88. The summed E-state index contributed by atoms with van der Waals surface area (Å²) in [6.07, 6.45) is 3.62. The van der Waals surface area contributed by atoms with E-state index in [1.165, 1.54) is 0 Å². The Kier molecular flexibility index (Phi) is 7.95. The minimum atomic E-state index is -0.826. The van der Waals surface area contributed by atoms with Crippen molar-refractivity contribution in [1.82, 2.24) is 9.89 Å². The van der Waals surface area contributed by atoms with E-state index in [0.29, 0.717) is 12.3 Å². The Morgan fingerprint density at radius 2 is 1.91 bits per heavy atom. The van der Waals surface area contributed by atoms with Crippen LogP contribution in [-0.4, -0.2) is 22.0 Å². The fraction of sp³-hybridized carbons (Fsp3) is 0.400. The van der Waals surface area contributed by atoms with E-state index >= 15 is 0 Å². The molecule has 0 saturated heterocycles.